The Morgan fingerprint density at radius 1 is 0.451 bits per heavy atom. The molecule has 1 heterocycles. The number of para-hydroxylation sites is 1. The van der Waals surface area contributed by atoms with Gasteiger partial charge < -0.3 is 9.32 Å². The first-order valence-electron chi connectivity index (χ1n) is 17.8. The molecule has 0 saturated carbocycles. The number of nitrogens with zero attached hydrogens (tertiary/aromatic N) is 1. The maximum Gasteiger partial charge on any atom is 0.137 e. The van der Waals surface area contributed by atoms with Gasteiger partial charge >= 0.3 is 0 Å². The molecule has 0 amide bonds. The molecule has 0 N–H and O–H groups in total. The van der Waals surface area contributed by atoms with Crippen molar-refractivity contribution >= 4 is 60.5 Å². The van der Waals surface area contributed by atoms with Crippen LogP contribution in [0.4, 0.5) is 17.1 Å². The molecule has 2 heteroatoms. The normalized spacial score (nSPS) is 13.3. The molecule has 1 aromatic heterocycles. The third kappa shape index (κ3) is 4.43. The molecule has 0 spiro atoms. The maximum atomic E-state index is 6.45. The quantitative estimate of drug-likeness (QED) is 0.175. The molecule has 8 aromatic carbocycles. The molecule has 244 valence electrons. The Kier molecular flexibility index (Phi) is 6.38. The van der Waals surface area contributed by atoms with Crippen molar-refractivity contribution in [2.45, 2.75) is 33.1 Å². The zero-order valence-corrected chi connectivity index (χ0v) is 29.3. The second-order valence-corrected chi connectivity index (χ2v) is 14.7. The van der Waals surface area contributed by atoms with Crippen LogP contribution in [0.2, 0.25) is 0 Å². The van der Waals surface area contributed by atoms with Gasteiger partial charge in [0.05, 0.1) is 5.69 Å². The van der Waals surface area contributed by atoms with E-state index in [1.807, 2.05) is 6.07 Å². The van der Waals surface area contributed by atoms with Crippen molar-refractivity contribution in [1.29, 1.82) is 0 Å². The smallest absolute Gasteiger partial charge is 0.137 e. The van der Waals surface area contributed by atoms with Gasteiger partial charge in [-0.25, -0.2) is 0 Å². The molecular formula is C49H37NO. The maximum absolute atomic E-state index is 6.45. The zero-order valence-electron chi connectivity index (χ0n) is 29.3. The Morgan fingerprint density at radius 3 is 1.88 bits per heavy atom. The van der Waals surface area contributed by atoms with Gasteiger partial charge in [-0.05, 0) is 128 Å². The van der Waals surface area contributed by atoms with E-state index in [0.717, 1.165) is 33.3 Å². The van der Waals surface area contributed by atoms with Crippen molar-refractivity contribution in [2.75, 3.05) is 4.90 Å². The predicted octanol–water partition coefficient (Wildman–Crippen LogP) is 14.0. The predicted molar refractivity (Wildman–Crippen MR) is 216 cm³/mol. The van der Waals surface area contributed by atoms with Crippen LogP contribution in [0.5, 0.6) is 0 Å². The lowest BCUT2D eigenvalue weighted by atomic mass is 9.82. The van der Waals surface area contributed by atoms with Crippen LogP contribution in [0.25, 0.3) is 65.7 Å². The number of hydrogen-bond acceptors (Lipinski definition) is 2. The van der Waals surface area contributed by atoms with E-state index >= 15 is 0 Å². The summed E-state index contributed by atoms with van der Waals surface area (Å²) < 4.78 is 6.45. The summed E-state index contributed by atoms with van der Waals surface area (Å²) in [6.45, 7) is 9.22. The second-order valence-electron chi connectivity index (χ2n) is 14.7. The van der Waals surface area contributed by atoms with E-state index in [9.17, 15) is 0 Å². The fraction of sp³-hybridized carbons (Fsp3) is 0.102. The highest BCUT2D eigenvalue weighted by molar-refractivity contribution is 6.14. The lowest BCUT2D eigenvalue weighted by Crippen LogP contribution is -2.17. The van der Waals surface area contributed by atoms with Gasteiger partial charge in [-0.2, -0.15) is 0 Å². The Morgan fingerprint density at radius 2 is 1.06 bits per heavy atom. The molecule has 10 rings (SSSR count). The van der Waals surface area contributed by atoms with Gasteiger partial charge in [0.1, 0.15) is 11.2 Å². The second kappa shape index (κ2) is 10.9. The molecule has 1 aliphatic rings. The number of aryl methyl sites for hydroxylation is 2. The Bertz CT molecular complexity index is 2850. The van der Waals surface area contributed by atoms with Crippen molar-refractivity contribution < 1.29 is 4.42 Å². The van der Waals surface area contributed by atoms with Gasteiger partial charge in [-0.3, -0.25) is 0 Å². The molecule has 0 atom stereocenters. The van der Waals surface area contributed by atoms with E-state index in [4.69, 9.17) is 4.42 Å². The highest BCUT2D eigenvalue weighted by atomic mass is 16.3. The van der Waals surface area contributed by atoms with E-state index in [2.05, 4.69) is 178 Å². The number of anilines is 3. The summed E-state index contributed by atoms with van der Waals surface area (Å²) in [6, 6.07) is 55.5. The number of furan rings is 1. The summed E-state index contributed by atoms with van der Waals surface area (Å²) in [4.78, 5) is 2.44. The van der Waals surface area contributed by atoms with E-state index in [1.54, 1.807) is 0 Å². The summed E-state index contributed by atoms with van der Waals surface area (Å²) >= 11 is 0. The zero-order chi connectivity index (χ0) is 34.4. The minimum Gasteiger partial charge on any atom is -0.456 e. The molecule has 2 nitrogen and oxygen atoms in total. The molecule has 0 radical (unpaired) electrons. The molecule has 0 aliphatic heterocycles. The Hall–Kier alpha value is -6.12. The summed E-state index contributed by atoms with van der Waals surface area (Å²) in [5, 5.41) is 7.38. The summed E-state index contributed by atoms with van der Waals surface area (Å²) in [5.41, 5.74) is 15.4. The summed E-state index contributed by atoms with van der Waals surface area (Å²) in [7, 11) is 0. The van der Waals surface area contributed by atoms with Crippen LogP contribution in [0.15, 0.2) is 156 Å². The highest BCUT2D eigenvalue weighted by Gasteiger charge is 2.36. The van der Waals surface area contributed by atoms with E-state index in [-0.39, 0.29) is 5.41 Å². The van der Waals surface area contributed by atoms with Crippen molar-refractivity contribution in [3.63, 3.8) is 0 Å². The average Bonchev–Trinajstić information content (AvgIpc) is 3.64. The van der Waals surface area contributed by atoms with Crippen molar-refractivity contribution in [1.82, 2.24) is 0 Å². The van der Waals surface area contributed by atoms with E-state index in [1.165, 1.54) is 71.7 Å². The lowest BCUT2D eigenvalue weighted by molar-refractivity contribution is 0.660. The van der Waals surface area contributed by atoms with Gasteiger partial charge in [0.2, 0.25) is 0 Å². The molecule has 1 aliphatic carbocycles. The molecule has 0 bridgehead atoms. The van der Waals surface area contributed by atoms with Crippen LogP contribution < -0.4 is 4.90 Å². The van der Waals surface area contributed by atoms with Crippen molar-refractivity contribution in [3.05, 3.63) is 174 Å². The number of fused-ring (bicyclic) bond motifs is 9. The summed E-state index contributed by atoms with van der Waals surface area (Å²) in [6.07, 6.45) is 0. The summed E-state index contributed by atoms with van der Waals surface area (Å²) in [5.74, 6) is 0. The first kappa shape index (κ1) is 29.8. The van der Waals surface area contributed by atoms with Crippen LogP contribution in [0, 0.1) is 13.8 Å². The fourth-order valence-corrected chi connectivity index (χ4v) is 8.85. The van der Waals surface area contributed by atoms with Gasteiger partial charge in [-0.15, -0.1) is 0 Å². The van der Waals surface area contributed by atoms with Gasteiger partial charge in [0.15, 0.2) is 0 Å². The molecule has 0 fully saturated rings. The highest BCUT2D eigenvalue weighted by Crippen LogP contribution is 2.51. The molecule has 51 heavy (non-hydrogen) atoms. The van der Waals surface area contributed by atoms with Crippen LogP contribution in [-0.4, -0.2) is 0 Å². The topological polar surface area (TPSA) is 16.4 Å². The standard InChI is InChI=1S/C49H37NO/c1-30-25-33(43-27-32-13-5-6-14-36(32)37-15-7-8-16-38(37)43)26-31(2)48(30)50(35-22-24-42-41-18-10-12-20-46(41)51-47(42)29-35)34-21-23-40-39-17-9-11-19-44(39)49(3,4)45(40)28-34/h5-29H,1-4H3. The Labute approximate surface area is 298 Å². The van der Waals surface area contributed by atoms with Gasteiger partial charge in [0, 0.05) is 33.6 Å². The van der Waals surface area contributed by atoms with Gasteiger partial charge in [-0.1, -0.05) is 111 Å². The SMILES string of the molecule is Cc1cc(-c2cc3ccccc3c3ccccc23)cc(C)c1N(c1ccc2c(c1)C(C)(C)c1ccccc1-2)c1ccc2c(c1)oc1ccccc12. The number of rotatable bonds is 4. The van der Waals surface area contributed by atoms with Crippen LogP contribution in [-0.2, 0) is 5.41 Å². The largest absolute Gasteiger partial charge is 0.456 e. The minimum atomic E-state index is -0.110. The Balaban J connectivity index is 1.19. The first-order chi connectivity index (χ1) is 24.9. The third-order valence-corrected chi connectivity index (χ3v) is 11.2. The van der Waals surface area contributed by atoms with E-state index < -0.39 is 0 Å². The van der Waals surface area contributed by atoms with Crippen molar-refractivity contribution in [3.8, 4) is 22.3 Å². The monoisotopic (exact) mass is 655 g/mol. The molecule has 9 aromatic rings. The average molecular weight is 656 g/mol. The number of benzene rings is 8. The fourth-order valence-electron chi connectivity index (χ4n) is 8.85. The lowest BCUT2D eigenvalue weighted by Gasteiger charge is -2.31. The minimum absolute atomic E-state index is 0.110. The third-order valence-electron chi connectivity index (χ3n) is 11.2. The van der Waals surface area contributed by atoms with Gasteiger partial charge in [0.25, 0.3) is 0 Å². The van der Waals surface area contributed by atoms with Crippen LogP contribution >= 0.6 is 0 Å². The van der Waals surface area contributed by atoms with E-state index in [0.29, 0.717) is 0 Å². The van der Waals surface area contributed by atoms with Crippen molar-refractivity contribution in [2.24, 2.45) is 0 Å². The molecular weight excluding hydrogens is 619 g/mol. The van der Waals surface area contributed by atoms with Crippen LogP contribution in [0.3, 0.4) is 0 Å². The van der Waals surface area contributed by atoms with Crippen LogP contribution in [0.1, 0.15) is 36.1 Å². The number of hydrogen-bond donors (Lipinski definition) is 0. The molecule has 0 unspecified atom stereocenters. The first-order valence-corrected chi connectivity index (χ1v) is 17.8. The molecule has 0 saturated heterocycles.